The second-order valence-electron chi connectivity index (χ2n) is 1.85. The molecule has 66 valence electrons. The number of carbonyl (C=O) groups excluding carboxylic acids is 1. The van der Waals surface area contributed by atoms with Gasteiger partial charge in [0.05, 0.1) is 11.1 Å². The Kier molecular flexibility index (Phi) is 4.62. The molecule has 0 bridgehead atoms. The van der Waals surface area contributed by atoms with Crippen molar-refractivity contribution in [2.24, 2.45) is 5.14 Å². The quantitative estimate of drug-likeness (QED) is 0.609. The maximum Gasteiger partial charge on any atom is 0.230 e. The summed E-state index contributed by atoms with van der Waals surface area (Å²) >= 11 is 2.90. The molecule has 1 amide bonds. The third-order valence-electron chi connectivity index (χ3n) is 0.830. The van der Waals surface area contributed by atoms with Gasteiger partial charge in [-0.2, -0.15) is 0 Å². The van der Waals surface area contributed by atoms with Crippen LogP contribution in [0.1, 0.15) is 0 Å². The molecule has 0 saturated heterocycles. The first-order valence-electron chi connectivity index (χ1n) is 2.79. The summed E-state index contributed by atoms with van der Waals surface area (Å²) in [6.07, 6.45) is 0. The van der Waals surface area contributed by atoms with Gasteiger partial charge in [0.15, 0.2) is 0 Å². The zero-order valence-electron chi connectivity index (χ0n) is 5.71. The first kappa shape index (κ1) is 10.9. The van der Waals surface area contributed by atoms with Crippen molar-refractivity contribution < 1.29 is 13.2 Å². The second kappa shape index (κ2) is 4.68. The van der Waals surface area contributed by atoms with Gasteiger partial charge in [-0.1, -0.05) is 15.9 Å². The molecular weight excluding hydrogens is 236 g/mol. The molecule has 0 fully saturated rings. The van der Waals surface area contributed by atoms with Crippen molar-refractivity contribution in [1.82, 2.24) is 5.32 Å². The van der Waals surface area contributed by atoms with Crippen LogP contribution in [0, 0.1) is 0 Å². The normalized spacial score (nSPS) is 11.1. The lowest BCUT2D eigenvalue weighted by Crippen LogP contribution is -2.31. The Balaban J connectivity index is 3.51. The summed E-state index contributed by atoms with van der Waals surface area (Å²) in [5.41, 5.74) is 0. The average Bonchev–Trinajstić information content (AvgIpc) is 1.85. The number of sulfonamides is 1. The van der Waals surface area contributed by atoms with E-state index in [4.69, 9.17) is 0 Å². The van der Waals surface area contributed by atoms with Crippen LogP contribution in [-0.4, -0.2) is 32.0 Å². The zero-order chi connectivity index (χ0) is 8.91. The highest BCUT2D eigenvalue weighted by atomic mass is 79.9. The summed E-state index contributed by atoms with van der Waals surface area (Å²) in [6.45, 7) is 0.0588. The predicted molar refractivity (Wildman–Crippen MR) is 44.8 cm³/mol. The molecule has 0 heterocycles. The third-order valence-corrected chi connectivity index (χ3v) is 2.11. The molecule has 0 aliphatic heterocycles. The number of primary sulfonamides is 1. The molecule has 0 aliphatic rings. The van der Waals surface area contributed by atoms with Crippen molar-refractivity contribution in [3.63, 3.8) is 0 Å². The van der Waals surface area contributed by atoms with Crippen molar-refractivity contribution in [2.75, 3.05) is 17.6 Å². The lowest BCUT2D eigenvalue weighted by atomic mass is 10.6. The van der Waals surface area contributed by atoms with Gasteiger partial charge >= 0.3 is 0 Å². The number of nitrogens with one attached hydrogen (secondary N) is 1. The molecular formula is C4H9BrN2O3S. The topological polar surface area (TPSA) is 89.3 Å². The van der Waals surface area contributed by atoms with Gasteiger partial charge in [-0.25, -0.2) is 13.6 Å². The maximum atomic E-state index is 10.5. The van der Waals surface area contributed by atoms with Crippen LogP contribution in [0.5, 0.6) is 0 Å². The Morgan fingerprint density at radius 2 is 2.09 bits per heavy atom. The fraction of sp³-hybridized carbons (Fsp3) is 0.750. The number of halogens is 1. The molecule has 5 nitrogen and oxygen atoms in total. The van der Waals surface area contributed by atoms with Gasteiger partial charge in [0, 0.05) is 6.54 Å². The van der Waals surface area contributed by atoms with Crippen LogP contribution in [0.25, 0.3) is 0 Å². The molecule has 0 spiro atoms. The third kappa shape index (κ3) is 7.76. The Morgan fingerprint density at radius 3 is 2.45 bits per heavy atom. The minimum Gasteiger partial charge on any atom is -0.354 e. The number of nitrogens with two attached hydrogens (primary N) is 1. The van der Waals surface area contributed by atoms with Gasteiger partial charge < -0.3 is 5.32 Å². The fourth-order valence-corrected chi connectivity index (χ4v) is 0.965. The summed E-state index contributed by atoms with van der Waals surface area (Å²) in [4.78, 5) is 10.5. The van der Waals surface area contributed by atoms with Crippen LogP contribution in [0.4, 0.5) is 0 Å². The Morgan fingerprint density at radius 1 is 1.55 bits per heavy atom. The lowest BCUT2D eigenvalue weighted by Gasteiger charge is -1.99. The molecule has 0 atom stereocenters. The van der Waals surface area contributed by atoms with Gasteiger partial charge in [0.2, 0.25) is 15.9 Å². The average molecular weight is 245 g/mol. The Hall–Kier alpha value is -0.140. The van der Waals surface area contributed by atoms with Crippen molar-refractivity contribution in [2.45, 2.75) is 0 Å². The highest BCUT2D eigenvalue weighted by Crippen LogP contribution is 1.79. The van der Waals surface area contributed by atoms with Crippen LogP contribution < -0.4 is 10.5 Å². The first-order valence-corrected chi connectivity index (χ1v) is 5.62. The maximum absolute atomic E-state index is 10.5. The van der Waals surface area contributed by atoms with E-state index in [1.54, 1.807) is 0 Å². The van der Waals surface area contributed by atoms with Crippen molar-refractivity contribution in [1.29, 1.82) is 0 Å². The van der Waals surface area contributed by atoms with E-state index in [1.807, 2.05) is 0 Å². The van der Waals surface area contributed by atoms with Gasteiger partial charge in [-0.15, -0.1) is 0 Å². The van der Waals surface area contributed by atoms with Crippen molar-refractivity contribution >= 4 is 31.9 Å². The minimum atomic E-state index is -3.46. The van der Waals surface area contributed by atoms with E-state index in [0.29, 0.717) is 0 Å². The van der Waals surface area contributed by atoms with Crippen molar-refractivity contribution in [3.05, 3.63) is 0 Å². The van der Waals surface area contributed by atoms with Gasteiger partial charge in [-0.3, -0.25) is 4.79 Å². The van der Waals surface area contributed by atoms with E-state index >= 15 is 0 Å². The SMILES string of the molecule is NS(=O)(=O)CCNC(=O)CBr. The van der Waals surface area contributed by atoms with Gasteiger partial charge in [0.1, 0.15) is 0 Å². The predicted octanol–water partition coefficient (Wildman–Crippen LogP) is -1.21. The molecule has 0 unspecified atom stereocenters. The van der Waals surface area contributed by atoms with E-state index in [2.05, 4.69) is 26.4 Å². The highest BCUT2D eigenvalue weighted by molar-refractivity contribution is 9.09. The molecule has 7 heteroatoms. The molecule has 3 N–H and O–H groups in total. The molecule has 0 aromatic heterocycles. The molecule has 0 saturated carbocycles. The highest BCUT2D eigenvalue weighted by Gasteiger charge is 2.02. The Bertz CT molecular complexity index is 225. The van der Waals surface area contributed by atoms with E-state index < -0.39 is 10.0 Å². The summed E-state index contributed by atoms with van der Waals surface area (Å²) in [5, 5.41) is 7.18. The van der Waals surface area contributed by atoms with Crippen LogP contribution in [-0.2, 0) is 14.8 Å². The largest absolute Gasteiger partial charge is 0.354 e. The monoisotopic (exact) mass is 244 g/mol. The molecule has 0 radical (unpaired) electrons. The van der Waals surface area contributed by atoms with E-state index in [1.165, 1.54) is 0 Å². The Labute approximate surface area is 73.5 Å². The molecule has 0 aliphatic carbocycles. The first-order chi connectivity index (χ1) is 4.95. The fourth-order valence-electron chi connectivity index (χ4n) is 0.380. The summed E-state index contributed by atoms with van der Waals surface area (Å²) in [6, 6.07) is 0. The molecule has 11 heavy (non-hydrogen) atoms. The lowest BCUT2D eigenvalue weighted by molar-refractivity contribution is -0.118. The number of hydrogen-bond acceptors (Lipinski definition) is 3. The number of rotatable bonds is 4. The molecule has 0 aromatic rings. The van der Waals surface area contributed by atoms with E-state index in [0.717, 1.165) is 0 Å². The van der Waals surface area contributed by atoms with Gasteiger partial charge in [-0.05, 0) is 0 Å². The number of alkyl halides is 1. The van der Waals surface area contributed by atoms with E-state index in [-0.39, 0.29) is 23.5 Å². The van der Waals surface area contributed by atoms with Crippen LogP contribution in [0.3, 0.4) is 0 Å². The van der Waals surface area contributed by atoms with Crippen LogP contribution >= 0.6 is 15.9 Å². The van der Waals surface area contributed by atoms with Gasteiger partial charge in [0.25, 0.3) is 0 Å². The zero-order valence-corrected chi connectivity index (χ0v) is 8.11. The minimum absolute atomic E-state index is 0.0588. The van der Waals surface area contributed by atoms with Crippen LogP contribution in [0.2, 0.25) is 0 Å². The summed E-state index contributed by atoms with van der Waals surface area (Å²) < 4.78 is 20.6. The number of amides is 1. The standard InChI is InChI=1S/C4H9BrN2O3S/c5-3-4(8)7-1-2-11(6,9)10/h1-3H2,(H,7,8)(H2,6,9,10). The molecule has 0 rings (SSSR count). The second-order valence-corrected chi connectivity index (χ2v) is 4.15. The number of hydrogen-bond donors (Lipinski definition) is 2. The summed E-state index contributed by atoms with van der Waals surface area (Å²) in [5.74, 6) is -0.486. The summed E-state index contributed by atoms with van der Waals surface area (Å²) in [7, 11) is -3.46. The van der Waals surface area contributed by atoms with Crippen molar-refractivity contribution in [3.8, 4) is 0 Å². The number of carbonyl (C=O) groups is 1. The van der Waals surface area contributed by atoms with E-state index in [9.17, 15) is 13.2 Å². The molecule has 0 aromatic carbocycles. The smallest absolute Gasteiger partial charge is 0.230 e. The van der Waals surface area contributed by atoms with Crippen LogP contribution in [0.15, 0.2) is 0 Å².